The molecule has 7 nitrogen and oxygen atoms in total. The molecule has 0 spiro atoms. The summed E-state index contributed by atoms with van der Waals surface area (Å²) >= 11 is 0. The molecule has 1 atom stereocenters. The molecule has 0 aliphatic rings. The largest absolute Gasteiger partial charge is 0.463 e. The molecule has 148 valence electrons. The summed E-state index contributed by atoms with van der Waals surface area (Å²) in [5, 5.41) is 6.16. The number of hydrogen-bond donors (Lipinski definition) is 1. The van der Waals surface area contributed by atoms with Gasteiger partial charge in [0.1, 0.15) is 17.4 Å². The van der Waals surface area contributed by atoms with Crippen molar-refractivity contribution in [2.75, 3.05) is 7.11 Å². The molecule has 2 aromatic carbocycles. The van der Waals surface area contributed by atoms with Crippen LogP contribution in [0.2, 0.25) is 0 Å². The van der Waals surface area contributed by atoms with Crippen LogP contribution in [0.1, 0.15) is 15.9 Å². The van der Waals surface area contributed by atoms with E-state index in [1.54, 1.807) is 24.3 Å². The predicted molar refractivity (Wildman–Crippen MR) is 100 cm³/mol. The molecule has 29 heavy (non-hydrogen) atoms. The quantitative estimate of drug-likeness (QED) is 0.487. The van der Waals surface area contributed by atoms with Crippen LogP contribution >= 0.6 is 0 Å². The third kappa shape index (κ3) is 4.73. The molecule has 8 heteroatoms. The summed E-state index contributed by atoms with van der Waals surface area (Å²) in [4.78, 5) is 36.9. The number of esters is 1. The Kier molecular flexibility index (Phi) is 6.13. The lowest BCUT2D eigenvalue weighted by Crippen LogP contribution is -2.45. The maximum absolute atomic E-state index is 13.2. The van der Waals surface area contributed by atoms with Crippen molar-refractivity contribution in [2.45, 2.75) is 12.5 Å². The van der Waals surface area contributed by atoms with Gasteiger partial charge in [-0.25, -0.2) is 9.18 Å². The fraction of sp³-hybridized carbons (Fsp3) is 0.143. The van der Waals surface area contributed by atoms with E-state index in [9.17, 15) is 18.8 Å². The smallest absolute Gasteiger partial charge is 0.376 e. The molecule has 1 heterocycles. The van der Waals surface area contributed by atoms with Gasteiger partial charge in [0, 0.05) is 12.0 Å². The average molecular weight is 396 g/mol. The fourth-order valence-electron chi connectivity index (χ4n) is 2.75. The first-order valence-corrected chi connectivity index (χ1v) is 8.67. The van der Waals surface area contributed by atoms with Crippen molar-refractivity contribution < 1.29 is 28.0 Å². The summed E-state index contributed by atoms with van der Waals surface area (Å²) in [6.07, 6.45) is 1.29. The maximum Gasteiger partial charge on any atom is 0.376 e. The van der Waals surface area contributed by atoms with Gasteiger partial charge in [0.15, 0.2) is 5.76 Å². The van der Waals surface area contributed by atoms with Gasteiger partial charge in [0.25, 0.3) is 11.7 Å². The van der Waals surface area contributed by atoms with Crippen LogP contribution in [-0.4, -0.2) is 36.0 Å². The molecule has 0 radical (unpaired) electrons. The Labute approximate surface area is 165 Å². The van der Waals surface area contributed by atoms with E-state index < -0.39 is 29.5 Å². The molecule has 1 N–H and O–H groups in total. The van der Waals surface area contributed by atoms with Crippen molar-refractivity contribution in [1.29, 1.82) is 0 Å². The number of carbonyl (C=O) groups excluding carboxylic acids is 3. The van der Waals surface area contributed by atoms with Gasteiger partial charge < -0.3 is 14.6 Å². The number of carbonyl (C=O) groups is 3. The number of nitrogens with zero attached hydrogens (tertiary/aromatic N) is 1. The lowest BCUT2D eigenvalue weighted by atomic mass is 10.0. The first-order valence-electron chi connectivity index (χ1n) is 8.67. The molecule has 3 aromatic rings. The standard InChI is InChI=1S/C21H17FN2O5/c1-28-21(27)18(25)17(11-13-5-3-2-4-6-13)24-20(26)16-12-23-29-19(16)14-7-9-15(22)10-8-14/h2-10,12,17H,11H2,1H3,(H,24,26). The van der Waals surface area contributed by atoms with Gasteiger partial charge in [0.05, 0.1) is 13.3 Å². The van der Waals surface area contributed by atoms with Gasteiger partial charge in [0.2, 0.25) is 0 Å². The number of benzene rings is 2. The van der Waals surface area contributed by atoms with Crippen molar-refractivity contribution in [3.05, 3.63) is 77.7 Å². The zero-order chi connectivity index (χ0) is 20.8. The molecule has 1 aromatic heterocycles. The molecular weight excluding hydrogens is 379 g/mol. The van der Waals surface area contributed by atoms with E-state index in [4.69, 9.17) is 4.52 Å². The third-order valence-electron chi connectivity index (χ3n) is 4.21. The van der Waals surface area contributed by atoms with Crippen LogP contribution in [0, 0.1) is 5.82 Å². The number of halogens is 1. The maximum atomic E-state index is 13.2. The van der Waals surface area contributed by atoms with Gasteiger partial charge in [-0.05, 0) is 29.8 Å². The van der Waals surface area contributed by atoms with Crippen molar-refractivity contribution in [1.82, 2.24) is 10.5 Å². The highest BCUT2D eigenvalue weighted by atomic mass is 19.1. The van der Waals surface area contributed by atoms with Gasteiger partial charge in [-0.2, -0.15) is 0 Å². The van der Waals surface area contributed by atoms with Crippen LogP contribution in [0.4, 0.5) is 4.39 Å². The van der Waals surface area contributed by atoms with Gasteiger partial charge in [-0.3, -0.25) is 9.59 Å². The van der Waals surface area contributed by atoms with Crippen molar-refractivity contribution in [3.8, 4) is 11.3 Å². The van der Waals surface area contributed by atoms with E-state index in [1.165, 1.54) is 30.5 Å². The van der Waals surface area contributed by atoms with Crippen LogP contribution in [0.5, 0.6) is 0 Å². The van der Waals surface area contributed by atoms with Crippen molar-refractivity contribution in [3.63, 3.8) is 0 Å². The minimum absolute atomic E-state index is 0.0485. The Bertz CT molecular complexity index is 1020. The number of amides is 1. The summed E-state index contributed by atoms with van der Waals surface area (Å²) in [6.45, 7) is 0. The zero-order valence-corrected chi connectivity index (χ0v) is 15.4. The number of nitrogens with one attached hydrogen (secondary N) is 1. The molecule has 1 amide bonds. The summed E-state index contributed by atoms with van der Waals surface area (Å²) in [5.74, 6) is -2.93. The van der Waals surface area contributed by atoms with Crippen molar-refractivity contribution >= 4 is 17.7 Å². The van der Waals surface area contributed by atoms with Crippen LogP contribution in [0.15, 0.2) is 65.3 Å². The highest BCUT2D eigenvalue weighted by Crippen LogP contribution is 2.24. The number of methoxy groups -OCH3 is 1. The lowest BCUT2D eigenvalue weighted by Gasteiger charge is -2.16. The second-order valence-corrected chi connectivity index (χ2v) is 6.15. The van der Waals surface area contributed by atoms with Gasteiger partial charge >= 0.3 is 5.97 Å². The first kappa shape index (κ1) is 19.9. The third-order valence-corrected chi connectivity index (χ3v) is 4.21. The van der Waals surface area contributed by atoms with Crippen molar-refractivity contribution in [2.24, 2.45) is 0 Å². The fourth-order valence-corrected chi connectivity index (χ4v) is 2.75. The topological polar surface area (TPSA) is 98.5 Å². The number of Topliss-reactive ketones (excluding diaryl/α,β-unsaturated/α-hetero) is 1. The number of rotatable bonds is 7. The Morgan fingerprint density at radius 3 is 2.45 bits per heavy atom. The van der Waals surface area contributed by atoms with E-state index in [1.807, 2.05) is 6.07 Å². The van der Waals surface area contributed by atoms with E-state index in [0.717, 1.165) is 12.7 Å². The number of hydrogen-bond acceptors (Lipinski definition) is 6. The summed E-state index contributed by atoms with van der Waals surface area (Å²) in [5.41, 5.74) is 1.24. The lowest BCUT2D eigenvalue weighted by molar-refractivity contribution is -0.152. The normalized spacial score (nSPS) is 11.5. The molecule has 0 aliphatic heterocycles. The SMILES string of the molecule is COC(=O)C(=O)C(Cc1ccccc1)NC(=O)c1cnoc1-c1ccc(F)cc1. The molecule has 0 fully saturated rings. The molecule has 0 bridgehead atoms. The van der Waals surface area contributed by atoms with E-state index in [-0.39, 0.29) is 17.7 Å². The molecule has 1 unspecified atom stereocenters. The Hall–Kier alpha value is -3.81. The Balaban J connectivity index is 1.85. The van der Waals surface area contributed by atoms with Crippen LogP contribution in [0.25, 0.3) is 11.3 Å². The zero-order valence-electron chi connectivity index (χ0n) is 15.4. The molecule has 3 rings (SSSR count). The van der Waals surface area contributed by atoms with E-state index in [0.29, 0.717) is 5.56 Å². The second kappa shape index (κ2) is 8.92. The van der Waals surface area contributed by atoms with E-state index >= 15 is 0 Å². The number of ketones is 1. The molecular formula is C21H17FN2O5. The second-order valence-electron chi connectivity index (χ2n) is 6.15. The molecule has 0 saturated carbocycles. The van der Waals surface area contributed by atoms with Crippen LogP contribution in [-0.2, 0) is 20.7 Å². The van der Waals surface area contributed by atoms with E-state index in [2.05, 4.69) is 15.2 Å². The first-order chi connectivity index (χ1) is 14.0. The Morgan fingerprint density at radius 2 is 1.79 bits per heavy atom. The Morgan fingerprint density at radius 1 is 1.10 bits per heavy atom. The summed E-state index contributed by atoms with van der Waals surface area (Å²) < 4.78 is 22.8. The minimum Gasteiger partial charge on any atom is -0.463 e. The minimum atomic E-state index is -1.15. The monoisotopic (exact) mass is 396 g/mol. The summed E-state index contributed by atoms with van der Waals surface area (Å²) in [7, 11) is 1.09. The number of ether oxygens (including phenoxy) is 1. The molecule has 0 saturated heterocycles. The number of aromatic nitrogens is 1. The highest BCUT2D eigenvalue weighted by Gasteiger charge is 2.30. The summed E-state index contributed by atoms with van der Waals surface area (Å²) in [6, 6.07) is 13.1. The predicted octanol–water partition coefficient (Wildman–Crippen LogP) is 2.56. The van der Waals surface area contributed by atoms with Gasteiger partial charge in [-0.15, -0.1) is 0 Å². The highest BCUT2D eigenvalue weighted by molar-refractivity contribution is 6.36. The van der Waals surface area contributed by atoms with Gasteiger partial charge in [-0.1, -0.05) is 35.5 Å². The average Bonchev–Trinajstić information content (AvgIpc) is 3.23. The van der Waals surface area contributed by atoms with Crippen LogP contribution in [0.3, 0.4) is 0 Å². The molecule has 0 aliphatic carbocycles. The van der Waals surface area contributed by atoms with Crippen LogP contribution < -0.4 is 5.32 Å².